The summed E-state index contributed by atoms with van der Waals surface area (Å²) >= 11 is 0. The lowest BCUT2D eigenvalue weighted by Gasteiger charge is -2.28. The van der Waals surface area contributed by atoms with Gasteiger partial charge in [-0.1, -0.05) is 24.3 Å². The highest BCUT2D eigenvalue weighted by atomic mass is 16.5. The molecule has 0 bridgehead atoms. The molecule has 1 saturated carbocycles. The Morgan fingerprint density at radius 1 is 0.786 bits per heavy atom. The molecular weight excluding hydrogens is 530 g/mol. The topological polar surface area (TPSA) is 117 Å². The maximum Gasteiger partial charge on any atom is 0.255 e. The Morgan fingerprint density at radius 2 is 1.55 bits per heavy atom. The van der Waals surface area contributed by atoms with Gasteiger partial charge in [-0.3, -0.25) is 14.4 Å². The molecule has 3 amide bonds. The monoisotopic (exact) mass is 569 g/mol. The molecule has 1 aliphatic carbocycles. The van der Waals surface area contributed by atoms with E-state index in [-0.39, 0.29) is 29.8 Å². The number of anilines is 2. The molecule has 42 heavy (non-hydrogen) atoms. The summed E-state index contributed by atoms with van der Waals surface area (Å²) in [6.07, 6.45) is 4.28. The van der Waals surface area contributed by atoms with Crippen molar-refractivity contribution >= 4 is 29.1 Å². The van der Waals surface area contributed by atoms with E-state index in [2.05, 4.69) is 15.5 Å². The summed E-state index contributed by atoms with van der Waals surface area (Å²) in [7, 11) is 1.59. The SMILES string of the molecule is COc1cccc(C(=O)N2CCCN(c3ccc(C(=O)NC4CCC(N)CC4)cc3NC(=O)c3ccccc3)CC2)c1. The number of methoxy groups -OCH3 is 1. The second kappa shape index (κ2) is 13.5. The van der Waals surface area contributed by atoms with Crippen LogP contribution in [0, 0.1) is 0 Å². The van der Waals surface area contributed by atoms with Gasteiger partial charge < -0.3 is 30.9 Å². The first-order valence-corrected chi connectivity index (χ1v) is 14.7. The molecular formula is C33H39N5O4. The van der Waals surface area contributed by atoms with Crippen LogP contribution >= 0.6 is 0 Å². The van der Waals surface area contributed by atoms with Crippen molar-refractivity contribution in [2.24, 2.45) is 5.73 Å². The molecule has 0 radical (unpaired) electrons. The summed E-state index contributed by atoms with van der Waals surface area (Å²) in [6, 6.07) is 22.0. The van der Waals surface area contributed by atoms with E-state index in [0.29, 0.717) is 54.3 Å². The number of hydrogen-bond acceptors (Lipinski definition) is 6. The zero-order valence-electron chi connectivity index (χ0n) is 24.1. The lowest BCUT2D eigenvalue weighted by Crippen LogP contribution is -2.40. The first-order chi connectivity index (χ1) is 20.4. The van der Waals surface area contributed by atoms with Crippen molar-refractivity contribution in [3.63, 3.8) is 0 Å². The number of carbonyl (C=O) groups is 3. The second-order valence-corrected chi connectivity index (χ2v) is 11.0. The van der Waals surface area contributed by atoms with Crippen molar-refractivity contribution in [3.05, 3.63) is 89.5 Å². The minimum absolute atomic E-state index is 0.0379. The fourth-order valence-corrected chi connectivity index (χ4v) is 5.67. The van der Waals surface area contributed by atoms with Gasteiger partial charge in [-0.15, -0.1) is 0 Å². The average molecular weight is 570 g/mol. The van der Waals surface area contributed by atoms with Gasteiger partial charge in [0.15, 0.2) is 0 Å². The zero-order chi connectivity index (χ0) is 29.5. The summed E-state index contributed by atoms with van der Waals surface area (Å²) in [5.74, 6) is 0.194. The van der Waals surface area contributed by atoms with E-state index in [0.717, 1.165) is 37.8 Å². The van der Waals surface area contributed by atoms with Crippen molar-refractivity contribution in [2.75, 3.05) is 43.5 Å². The predicted molar refractivity (Wildman–Crippen MR) is 164 cm³/mol. The Bertz CT molecular complexity index is 1400. The molecule has 1 aliphatic heterocycles. The third kappa shape index (κ3) is 7.09. The minimum atomic E-state index is -0.250. The van der Waals surface area contributed by atoms with E-state index in [1.165, 1.54) is 0 Å². The fourth-order valence-electron chi connectivity index (χ4n) is 5.67. The summed E-state index contributed by atoms with van der Waals surface area (Å²) in [6.45, 7) is 2.42. The molecule has 0 atom stereocenters. The van der Waals surface area contributed by atoms with E-state index in [1.54, 1.807) is 37.4 Å². The summed E-state index contributed by atoms with van der Waals surface area (Å²) < 4.78 is 5.29. The van der Waals surface area contributed by atoms with E-state index < -0.39 is 0 Å². The first-order valence-electron chi connectivity index (χ1n) is 14.7. The normalized spacial score (nSPS) is 19.0. The van der Waals surface area contributed by atoms with E-state index in [1.807, 2.05) is 47.4 Å². The van der Waals surface area contributed by atoms with Gasteiger partial charge in [0.1, 0.15) is 5.75 Å². The molecule has 9 nitrogen and oxygen atoms in total. The van der Waals surface area contributed by atoms with Gasteiger partial charge in [0.2, 0.25) is 0 Å². The van der Waals surface area contributed by atoms with Crippen molar-refractivity contribution in [2.45, 2.75) is 44.2 Å². The number of nitrogens with zero attached hydrogens (tertiary/aromatic N) is 2. The second-order valence-electron chi connectivity index (χ2n) is 11.0. The molecule has 0 aromatic heterocycles. The molecule has 3 aromatic carbocycles. The average Bonchev–Trinajstić information content (AvgIpc) is 3.28. The Labute approximate surface area is 247 Å². The van der Waals surface area contributed by atoms with Crippen LogP contribution in [0.15, 0.2) is 72.8 Å². The molecule has 1 heterocycles. The van der Waals surface area contributed by atoms with Gasteiger partial charge in [-0.05, 0) is 80.6 Å². The van der Waals surface area contributed by atoms with Crippen molar-refractivity contribution in [1.29, 1.82) is 0 Å². The van der Waals surface area contributed by atoms with Crippen molar-refractivity contribution < 1.29 is 19.1 Å². The molecule has 9 heteroatoms. The predicted octanol–water partition coefficient (Wildman–Crippen LogP) is 4.30. The molecule has 2 aliphatic rings. The highest BCUT2D eigenvalue weighted by Gasteiger charge is 2.25. The first kappa shape index (κ1) is 29.1. The maximum absolute atomic E-state index is 13.3. The largest absolute Gasteiger partial charge is 0.497 e. The molecule has 5 rings (SSSR count). The van der Waals surface area contributed by atoms with E-state index in [9.17, 15) is 14.4 Å². The molecule has 0 spiro atoms. The van der Waals surface area contributed by atoms with Gasteiger partial charge in [-0.2, -0.15) is 0 Å². The van der Waals surface area contributed by atoms with Crippen LogP contribution in [0.1, 0.15) is 63.2 Å². The molecule has 3 aromatic rings. The van der Waals surface area contributed by atoms with Crippen LogP contribution in [0.5, 0.6) is 5.75 Å². The van der Waals surface area contributed by atoms with E-state index in [4.69, 9.17) is 10.5 Å². The van der Waals surface area contributed by atoms with Gasteiger partial charge >= 0.3 is 0 Å². The molecule has 0 unspecified atom stereocenters. The summed E-state index contributed by atoms with van der Waals surface area (Å²) in [4.78, 5) is 43.7. The summed E-state index contributed by atoms with van der Waals surface area (Å²) in [5.41, 5.74) is 9.02. The summed E-state index contributed by atoms with van der Waals surface area (Å²) in [5, 5.41) is 6.20. The van der Waals surface area contributed by atoms with Crippen molar-refractivity contribution in [1.82, 2.24) is 10.2 Å². The van der Waals surface area contributed by atoms with Crippen LogP contribution in [-0.4, -0.2) is 68.0 Å². The Morgan fingerprint density at radius 3 is 2.31 bits per heavy atom. The number of hydrogen-bond donors (Lipinski definition) is 3. The van der Waals surface area contributed by atoms with Gasteiger partial charge in [-0.25, -0.2) is 0 Å². The zero-order valence-corrected chi connectivity index (χ0v) is 24.1. The third-order valence-corrected chi connectivity index (χ3v) is 8.09. The number of amides is 3. The molecule has 1 saturated heterocycles. The highest BCUT2D eigenvalue weighted by molar-refractivity contribution is 6.07. The van der Waals surface area contributed by atoms with Crippen molar-refractivity contribution in [3.8, 4) is 5.75 Å². The van der Waals surface area contributed by atoms with E-state index >= 15 is 0 Å². The smallest absolute Gasteiger partial charge is 0.255 e. The molecule has 220 valence electrons. The minimum Gasteiger partial charge on any atom is -0.497 e. The van der Waals surface area contributed by atoms with Crippen LogP contribution in [0.2, 0.25) is 0 Å². The quantitative estimate of drug-likeness (QED) is 0.391. The molecule has 4 N–H and O–H groups in total. The van der Waals surface area contributed by atoms with Crippen LogP contribution in [-0.2, 0) is 0 Å². The van der Waals surface area contributed by atoms with Gasteiger partial charge in [0.25, 0.3) is 17.7 Å². The Balaban J connectivity index is 1.35. The lowest BCUT2D eigenvalue weighted by atomic mass is 9.91. The highest BCUT2D eigenvalue weighted by Crippen LogP contribution is 2.30. The third-order valence-electron chi connectivity index (χ3n) is 8.09. The number of benzene rings is 3. The Hall–Kier alpha value is -4.37. The fraction of sp³-hybridized carbons (Fsp3) is 0.364. The number of nitrogens with one attached hydrogen (secondary N) is 2. The maximum atomic E-state index is 13.3. The van der Waals surface area contributed by atoms with Gasteiger partial charge in [0.05, 0.1) is 18.5 Å². The van der Waals surface area contributed by atoms with Crippen LogP contribution in [0.4, 0.5) is 11.4 Å². The van der Waals surface area contributed by atoms with Crippen LogP contribution < -0.4 is 26.0 Å². The van der Waals surface area contributed by atoms with Crippen LogP contribution in [0.25, 0.3) is 0 Å². The number of rotatable bonds is 7. The standard InChI is InChI=1S/C33H39N5O4/c1-42-28-10-5-9-25(21-28)33(41)38-18-6-17-37(19-20-38)30-16-11-24(32(40)35-27-14-12-26(34)13-15-27)22-29(30)36-31(39)23-7-3-2-4-8-23/h2-5,7-11,16,21-22,26-27H,6,12-15,17-20,34H2,1H3,(H,35,40)(H,36,39). The molecule has 2 fully saturated rings. The Kier molecular flexibility index (Phi) is 9.38. The number of ether oxygens (including phenoxy) is 1. The van der Waals surface area contributed by atoms with Crippen LogP contribution in [0.3, 0.4) is 0 Å². The van der Waals surface area contributed by atoms with Gasteiger partial charge in [0, 0.05) is 55.0 Å². The lowest BCUT2D eigenvalue weighted by molar-refractivity contribution is 0.0766. The number of carbonyl (C=O) groups excluding carboxylic acids is 3. The number of nitrogens with two attached hydrogens (primary N) is 1.